The smallest absolute Gasteiger partial charge is 0.251 e. The van der Waals surface area contributed by atoms with E-state index in [1.165, 1.54) is 26.2 Å². The normalized spacial score (nSPS) is 12.9. The Morgan fingerprint density at radius 1 is 1.07 bits per heavy atom. The van der Waals surface area contributed by atoms with E-state index in [1.54, 1.807) is 19.2 Å². The minimum Gasteiger partial charge on any atom is -0.496 e. The summed E-state index contributed by atoms with van der Waals surface area (Å²) < 4.78 is 31.3. The SMILES string of the molecule is COc1cc(C)c([C@@H](C)NC(=O)c2cccc(S(=O)(=O)N(C)C)c2)cc1C(C)C. The van der Waals surface area contributed by atoms with E-state index < -0.39 is 10.0 Å². The number of rotatable bonds is 7. The van der Waals surface area contributed by atoms with E-state index >= 15 is 0 Å². The monoisotopic (exact) mass is 418 g/mol. The Bertz CT molecular complexity index is 998. The number of nitrogens with zero attached hydrogens (tertiary/aromatic N) is 1. The summed E-state index contributed by atoms with van der Waals surface area (Å²) in [5.74, 6) is 0.788. The number of amides is 1. The van der Waals surface area contributed by atoms with Gasteiger partial charge in [-0.05, 0) is 66.8 Å². The number of benzene rings is 2. The fourth-order valence-corrected chi connectivity index (χ4v) is 4.12. The molecular formula is C22H30N2O4S. The maximum atomic E-state index is 12.8. The molecule has 1 atom stereocenters. The second kappa shape index (κ2) is 8.97. The van der Waals surface area contributed by atoms with Gasteiger partial charge in [-0.15, -0.1) is 0 Å². The van der Waals surface area contributed by atoms with Crippen LogP contribution in [0, 0.1) is 6.92 Å². The second-order valence-electron chi connectivity index (χ2n) is 7.62. The molecule has 0 radical (unpaired) electrons. The number of sulfonamides is 1. The first-order chi connectivity index (χ1) is 13.5. The lowest BCUT2D eigenvalue weighted by Crippen LogP contribution is -2.28. The first kappa shape index (κ1) is 22.9. The Hall–Kier alpha value is -2.38. The Balaban J connectivity index is 2.32. The van der Waals surface area contributed by atoms with Crippen LogP contribution in [-0.2, 0) is 10.0 Å². The summed E-state index contributed by atoms with van der Waals surface area (Å²) in [5, 5.41) is 2.98. The van der Waals surface area contributed by atoms with Gasteiger partial charge in [-0.3, -0.25) is 4.79 Å². The van der Waals surface area contributed by atoms with Gasteiger partial charge in [-0.2, -0.15) is 0 Å². The van der Waals surface area contributed by atoms with E-state index in [1.807, 2.05) is 19.9 Å². The van der Waals surface area contributed by atoms with Crippen LogP contribution in [0.5, 0.6) is 5.75 Å². The zero-order valence-corrected chi connectivity index (χ0v) is 18.9. The summed E-state index contributed by atoms with van der Waals surface area (Å²) in [7, 11) is 0.972. The standard InChI is InChI=1S/C22H30N2O4S/c1-14(2)19-13-20(15(3)11-21(19)28-7)16(4)23-22(25)17-9-8-10-18(12-17)29(26,27)24(5)6/h8-14,16H,1-7H3,(H,23,25)/t16-/m1/s1. The Morgan fingerprint density at radius 3 is 2.28 bits per heavy atom. The number of hydrogen-bond acceptors (Lipinski definition) is 4. The van der Waals surface area contributed by atoms with Crippen LogP contribution in [0.4, 0.5) is 0 Å². The van der Waals surface area contributed by atoms with Crippen LogP contribution < -0.4 is 10.1 Å². The van der Waals surface area contributed by atoms with Gasteiger partial charge in [0.25, 0.3) is 5.91 Å². The van der Waals surface area contributed by atoms with Gasteiger partial charge >= 0.3 is 0 Å². The number of carbonyl (C=O) groups excluding carboxylic acids is 1. The molecule has 29 heavy (non-hydrogen) atoms. The number of nitrogens with one attached hydrogen (secondary N) is 1. The van der Waals surface area contributed by atoms with Gasteiger partial charge in [-0.25, -0.2) is 12.7 Å². The Kier molecular flexibility index (Phi) is 7.08. The molecule has 0 unspecified atom stereocenters. The van der Waals surface area contributed by atoms with E-state index in [0.29, 0.717) is 5.56 Å². The van der Waals surface area contributed by atoms with E-state index in [4.69, 9.17) is 4.74 Å². The molecule has 2 aromatic rings. The van der Waals surface area contributed by atoms with Crippen molar-refractivity contribution in [1.29, 1.82) is 0 Å². The molecule has 0 heterocycles. The number of aryl methyl sites for hydroxylation is 1. The molecular weight excluding hydrogens is 388 g/mol. The molecule has 6 nitrogen and oxygen atoms in total. The Labute approximate surface area is 173 Å². The molecule has 158 valence electrons. The van der Waals surface area contributed by atoms with Crippen molar-refractivity contribution < 1.29 is 17.9 Å². The van der Waals surface area contributed by atoms with Crippen molar-refractivity contribution in [3.63, 3.8) is 0 Å². The largest absolute Gasteiger partial charge is 0.496 e. The molecule has 0 fully saturated rings. The predicted molar refractivity (Wildman–Crippen MR) is 115 cm³/mol. The minimum atomic E-state index is -3.60. The van der Waals surface area contributed by atoms with Gasteiger partial charge in [-0.1, -0.05) is 19.9 Å². The minimum absolute atomic E-state index is 0.0884. The lowest BCUT2D eigenvalue weighted by Gasteiger charge is -2.21. The molecule has 2 rings (SSSR count). The lowest BCUT2D eigenvalue weighted by atomic mass is 9.93. The van der Waals surface area contributed by atoms with Gasteiger partial charge in [0.05, 0.1) is 18.0 Å². The van der Waals surface area contributed by atoms with Crippen LogP contribution in [0.1, 0.15) is 59.8 Å². The third kappa shape index (κ3) is 4.97. The fraction of sp³-hybridized carbons (Fsp3) is 0.409. The van der Waals surface area contributed by atoms with Crippen LogP contribution in [-0.4, -0.2) is 39.8 Å². The summed E-state index contributed by atoms with van der Waals surface area (Å²) in [5.41, 5.74) is 3.39. The van der Waals surface area contributed by atoms with Crippen LogP contribution in [0.2, 0.25) is 0 Å². The molecule has 2 aromatic carbocycles. The van der Waals surface area contributed by atoms with E-state index in [9.17, 15) is 13.2 Å². The van der Waals surface area contributed by atoms with Crippen molar-refractivity contribution in [1.82, 2.24) is 9.62 Å². The van der Waals surface area contributed by atoms with E-state index in [2.05, 4.69) is 25.2 Å². The zero-order chi connectivity index (χ0) is 21.9. The maximum absolute atomic E-state index is 12.8. The van der Waals surface area contributed by atoms with Gasteiger partial charge in [0, 0.05) is 19.7 Å². The molecule has 1 N–H and O–H groups in total. The number of methoxy groups -OCH3 is 1. The molecule has 0 aliphatic carbocycles. The maximum Gasteiger partial charge on any atom is 0.251 e. The molecule has 0 spiro atoms. The molecule has 1 amide bonds. The van der Waals surface area contributed by atoms with Gasteiger partial charge < -0.3 is 10.1 Å². The number of hydrogen-bond donors (Lipinski definition) is 1. The summed E-state index contributed by atoms with van der Waals surface area (Å²) in [6, 6.07) is 9.87. The molecule has 0 aliphatic rings. The first-order valence-corrected chi connectivity index (χ1v) is 10.9. The van der Waals surface area contributed by atoms with Crippen LogP contribution >= 0.6 is 0 Å². The zero-order valence-electron chi connectivity index (χ0n) is 18.1. The van der Waals surface area contributed by atoms with Crippen molar-refractivity contribution in [2.24, 2.45) is 0 Å². The highest BCUT2D eigenvalue weighted by molar-refractivity contribution is 7.89. The Morgan fingerprint density at radius 2 is 1.72 bits per heavy atom. The van der Waals surface area contributed by atoms with Gasteiger partial charge in [0.1, 0.15) is 5.75 Å². The molecule has 0 aromatic heterocycles. The van der Waals surface area contributed by atoms with Crippen LogP contribution in [0.15, 0.2) is 41.3 Å². The highest BCUT2D eigenvalue weighted by Gasteiger charge is 2.21. The number of ether oxygens (including phenoxy) is 1. The van der Waals surface area contributed by atoms with Crippen molar-refractivity contribution in [2.75, 3.05) is 21.2 Å². The highest BCUT2D eigenvalue weighted by Crippen LogP contribution is 2.32. The second-order valence-corrected chi connectivity index (χ2v) is 9.77. The van der Waals surface area contributed by atoms with Crippen molar-refractivity contribution in [2.45, 2.75) is 44.6 Å². The summed E-state index contributed by atoms with van der Waals surface area (Å²) in [4.78, 5) is 12.9. The topological polar surface area (TPSA) is 75.7 Å². The van der Waals surface area contributed by atoms with Crippen molar-refractivity contribution in [3.05, 3.63) is 58.7 Å². The van der Waals surface area contributed by atoms with Gasteiger partial charge in [0.2, 0.25) is 10.0 Å². The third-order valence-corrected chi connectivity index (χ3v) is 6.74. The quantitative estimate of drug-likeness (QED) is 0.741. The lowest BCUT2D eigenvalue weighted by molar-refractivity contribution is 0.0939. The van der Waals surface area contributed by atoms with Crippen molar-refractivity contribution >= 4 is 15.9 Å². The van der Waals surface area contributed by atoms with Gasteiger partial charge in [0.15, 0.2) is 0 Å². The van der Waals surface area contributed by atoms with Crippen LogP contribution in [0.3, 0.4) is 0 Å². The van der Waals surface area contributed by atoms with E-state index in [0.717, 1.165) is 26.7 Å². The predicted octanol–water partition coefficient (Wildman–Crippen LogP) is 3.87. The van der Waals surface area contributed by atoms with Crippen molar-refractivity contribution in [3.8, 4) is 5.75 Å². The van der Waals surface area contributed by atoms with Crippen LogP contribution in [0.25, 0.3) is 0 Å². The molecule has 0 aliphatic heterocycles. The first-order valence-electron chi connectivity index (χ1n) is 9.51. The highest BCUT2D eigenvalue weighted by atomic mass is 32.2. The fourth-order valence-electron chi connectivity index (χ4n) is 3.18. The summed E-state index contributed by atoms with van der Waals surface area (Å²) in [6.45, 7) is 8.08. The average molecular weight is 419 g/mol. The summed E-state index contributed by atoms with van der Waals surface area (Å²) in [6.07, 6.45) is 0. The molecule has 0 saturated carbocycles. The summed E-state index contributed by atoms with van der Waals surface area (Å²) >= 11 is 0. The molecule has 0 saturated heterocycles. The van der Waals surface area contributed by atoms with E-state index in [-0.39, 0.29) is 22.8 Å². The third-order valence-electron chi connectivity index (χ3n) is 4.93. The average Bonchev–Trinajstić information content (AvgIpc) is 2.67. The number of carbonyl (C=O) groups is 1. The molecule has 0 bridgehead atoms. The molecule has 7 heteroatoms.